The van der Waals surface area contributed by atoms with Crippen LogP contribution in [0.25, 0.3) is 0 Å². The first-order valence-electron chi connectivity index (χ1n) is 6.93. The van der Waals surface area contributed by atoms with Gasteiger partial charge in [-0.05, 0) is 54.4 Å². The standard InChI is InChI=1S/C17H16BrN3O/c1-10-7-13(18)3-5-15(10)20-11(2)19-14-4-6-16-12(8-14)9-17(22)21-16/h3-8,19-20H,2,9H2,1H3,(H,21,22). The van der Waals surface area contributed by atoms with Crippen molar-refractivity contribution in [3.8, 4) is 0 Å². The smallest absolute Gasteiger partial charge is 0.228 e. The van der Waals surface area contributed by atoms with Crippen molar-refractivity contribution in [1.82, 2.24) is 0 Å². The molecule has 0 saturated heterocycles. The van der Waals surface area contributed by atoms with Crippen LogP contribution in [0.3, 0.4) is 0 Å². The molecule has 0 unspecified atom stereocenters. The van der Waals surface area contributed by atoms with Crippen LogP contribution in [0, 0.1) is 6.92 Å². The molecule has 22 heavy (non-hydrogen) atoms. The summed E-state index contributed by atoms with van der Waals surface area (Å²) in [5.41, 5.74) is 4.92. The fraction of sp³-hybridized carbons (Fsp3) is 0.118. The van der Waals surface area contributed by atoms with E-state index >= 15 is 0 Å². The van der Waals surface area contributed by atoms with Gasteiger partial charge in [-0.3, -0.25) is 4.79 Å². The maximum atomic E-state index is 11.4. The molecule has 112 valence electrons. The van der Waals surface area contributed by atoms with Crippen LogP contribution in [0.15, 0.2) is 53.3 Å². The summed E-state index contributed by atoms with van der Waals surface area (Å²) in [5.74, 6) is 0.720. The van der Waals surface area contributed by atoms with Crippen molar-refractivity contribution in [3.05, 3.63) is 64.4 Å². The van der Waals surface area contributed by atoms with Gasteiger partial charge in [0.15, 0.2) is 0 Å². The Balaban J connectivity index is 1.70. The highest BCUT2D eigenvalue weighted by Gasteiger charge is 2.17. The molecular formula is C17H16BrN3O. The Bertz CT molecular complexity index is 770. The molecule has 0 aromatic heterocycles. The van der Waals surface area contributed by atoms with Gasteiger partial charge in [0.1, 0.15) is 5.82 Å². The quantitative estimate of drug-likeness (QED) is 0.766. The molecule has 5 heteroatoms. The molecule has 1 aliphatic rings. The second-order valence-corrected chi connectivity index (χ2v) is 6.20. The maximum Gasteiger partial charge on any atom is 0.228 e. The highest BCUT2D eigenvalue weighted by Crippen LogP contribution is 2.27. The van der Waals surface area contributed by atoms with E-state index in [1.807, 2.05) is 43.3 Å². The minimum Gasteiger partial charge on any atom is -0.342 e. The number of fused-ring (bicyclic) bond motifs is 1. The van der Waals surface area contributed by atoms with Crippen LogP contribution in [0.2, 0.25) is 0 Å². The molecule has 3 N–H and O–H groups in total. The number of halogens is 1. The topological polar surface area (TPSA) is 53.2 Å². The van der Waals surface area contributed by atoms with Crippen molar-refractivity contribution in [2.24, 2.45) is 0 Å². The number of hydrogen-bond acceptors (Lipinski definition) is 3. The molecule has 3 rings (SSSR count). The van der Waals surface area contributed by atoms with Crippen molar-refractivity contribution < 1.29 is 4.79 Å². The van der Waals surface area contributed by atoms with Crippen LogP contribution >= 0.6 is 15.9 Å². The van der Waals surface area contributed by atoms with Gasteiger partial charge in [0.25, 0.3) is 0 Å². The lowest BCUT2D eigenvalue weighted by Crippen LogP contribution is -2.09. The monoisotopic (exact) mass is 357 g/mol. The summed E-state index contributed by atoms with van der Waals surface area (Å²) >= 11 is 3.45. The lowest BCUT2D eigenvalue weighted by atomic mass is 10.1. The van der Waals surface area contributed by atoms with E-state index in [9.17, 15) is 4.79 Å². The number of anilines is 3. The lowest BCUT2D eigenvalue weighted by Gasteiger charge is -2.15. The number of amides is 1. The third-order valence-electron chi connectivity index (χ3n) is 3.50. The van der Waals surface area contributed by atoms with Crippen LogP contribution < -0.4 is 16.0 Å². The number of carbonyl (C=O) groups excluding carboxylic acids is 1. The maximum absolute atomic E-state index is 11.4. The molecule has 0 saturated carbocycles. The summed E-state index contributed by atoms with van der Waals surface area (Å²) in [6, 6.07) is 11.8. The van der Waals surface area contributed by atoms with E-state index < -0.39 is 0 Å². The fourth-order valence-corrected chi connectivity index (χ4v) is 2.92. The Morgan fingerprint density at radius 3 is 2.82 bits per heavy atom. The van der Waals surface area contributed by atoms with Gasteiger partial charge in [0.05, 0.1) is 6.42 Å². The Kier molecular flexibility index (Phi) is 3.90. The van der Waals surface area contributed by atoms with Gasteiger partial charge in [-0.25, -0.2) is 0 Å². The summed E-state index contributed by atoms with van der Waals surface area (Å²) < 4.78 is 1.05. The molecule has 0 bridgehead atoms. The van der Waals surface area contributed by atoms with E-state index in [1.165, 1.54) is 0 Å². The third-order valence-corrected chi connectivity index (χ3v) is 3.99. The average Bonchev–Trinajstić information content (AvgIpc) is 2.81. The number of carbonyl (C=O) groups is 1. The Morgan fingerprint density at radius 2 is 2.05 bits per heavy atom. The SMILES string of the molecule is C=C(Nc1ccc2c(c1)CC(=O)N2)Nc1ccc(Br)cc1C. The van der Waals surface area contributed by atoms with Crippen molar-refractivity contribution in [2.75, 3.05) is 16.0 Å². The molecule has 1 aliphatic heterocycles. The number of hydrogen-bond donors (Lipinski definition) is 3. The van der Waals surface area contributed by atoms with E-state index in [1.54, 1.807) is 0 Å². The van der Waals surface area contributed by atoms with E-state index in [2.05, 4.69) is 38.5 Å². The average molecular weight is 358 g/mol. The van der Waals surface area contributed by atoms with Gasteiger partial charge in [0.2, 0.25) is 5.91 Å². The van der Waals surface area contributed by atoms with Gasteiger partial charge in [-0.2, -0.15) is 0 Å². The number of aryl methyl sites for hydroxylation is 1. The summed E-state index contributed by atoms with van der Waals surface area (Å²) in [7, 11) is 0. The number of rotatable bonds is 4. The first-order valence-corrected chi connectivity index (χ1v) is 7.72. The van der Waals surface area contributed by atoms with Crippen molar-refractivity contribution in [3.63, 3.8) is 0 Å². The molecule has 0 atom stereocenters. The van der Waals surface area contributed by atoms with Gasteiger partial charge in [-0.1, -0.05) is 22.5 Å². The highest BCUT2D eigenvalue weighted by molar-refractivity contribution is 9.10. The number of benzene rings is 2. The highest BCUT2D eigenvalue weighted by atomic mass is 79.9. The lowest BCUT2D eigenvalue weighted by molar-refractivity contribution is -0.115. The van der Waals surface area contributed by atoms with Crippen LogP contribution in [0.4, 0.5) is 17.1 Å². The summed E-state index contributed by atoms with van der Waals surface area (Å²) in [6.07, 6.45) is 0.427. The molecular weight excluding hydrogens is 342 g/mol. The molecule has 1 heterocycles. The molecule has 0 aliphatic carbocycles. The predicted molar refractivity (Wildman–Crippen MR) is 94.0 cm³/mol. The minimum absolute atomic E-state index is 0.0367. The van der Waals surface area contributed by atoms with E-state index in [-0.39, 0.29) is 5.91 Å². The molecule has 0 fully saturated rings. The summed E-state index contributed by atoms with van der Waals surface area (Å²) in [6.45, 7) is 6.04. The zero-order valence-electron chi connectivity index (χ0n) is 12.2. The van der Waals surface area contributed by atoms with Gasteiger partial charge in [0, 0.05) is 21.5 Å². The van der Waals surface area contributed by atoms with Gasteiger partial charge < -0.3 is 16.0 Å². The molecule has 1 amide bonds. The fourth-order valence-electron chi connectivity index (χ4n) is 2.44. The van der Waals surface area contributed by atoms with Crippen LogP contribution in [0.1, 0.15) is 11.1 Å². The molecule has 2 aromatic carbocycles. The van der Waals surface area contributed by atoms with Crippen molar-refractivity contribution >= 4 is 38.9 Å². The minimum atomic E-state index is 0.0367. The third kappa shape index (κ3) is 3.14. The first kappa shape index (κ1) is 14.7. The Hall–Kier alpha value is -2.27. The molecule has 4 nitrogen and oxygen atoms in total. The summed E-state index contributed by atoms with van der Waals surface area (Å²) in [4.78, 5) is 11.4. The predicted octanol–water partition coefficient (Wildman–Crippen LogP) is 4.25. The van der Waals surface area contributed by atoms with E-state index in [0.717, 1.165) is 32.7 Å². The van der Waals surface area contributed by atoms with Crippen LogP contribution in [0.5, 0.6) is 0 Å². The Morgan fingerprint density at radius 1 is 1.23 bits per heavy atom. The van der Waals surface area contributed by atoms with E-state index in [0.29, 0.717) is 12.2 Å². The first-order chi connectivity index (χ1) is 10.5. The van der Waals surface area contributed by atoms with Gasteiger partial charge in [-0.15, -0.1) is 0 Å². The molecule has 2 aromatic rings. The van der Waals surface area contributed by atoms with Crippen molar-refractivity contribution in [2.45, 2.75) is 13.3 Å². The van der Waals surface area contributed by atoms with Crippen LogP contribution in [-0.4, -0.2) is 5.91 Å². The number of nitrogens with one attached hydrogen (secondary N) is 3. The zero-order valence-corrected chi connectivity index (χ0v) is 13.8. The molecule has 0 spiro atoms. The van der Waals surface area contributed by atoms with E-state index in [4.69, 9.17) is 0 Å². The zero-order chi connectivity index (χ0) is 15.7. The molecule has 0 radical (unpaired) electrons. The van der Waals surface area contributed by atoms with Crippen molar-refractivity contribution in [1.29, 1.82) is 0 Å². The van der Waals surface area contributed by atoms with Crippen LogP contribution in [-0.2, 0) is 11.2 Å². The Labute approximate surface area is 137 Å². The largest absolute Gasteiger partial charge is 0.342 e. The van der Waals surface area contributed by atoms with Gasteiger partial charge >= 0.3 is 0 Å². The summed E-state index contributed by atoms with van der Waals surface area (Å²) in [5, 5.41) is 9.30. The normalized spacial score (nSPS) is 12.5. The second-order valence-electron chi connectivity index (χ2n) is 5.28. The second kappa shape index (κ2) is 5.85.